The van der Waals surface area contributed by atoms with Crippen LogP contribution in [0.5, 0.6) is 0 Å². The van der Waals surface area contributed by atoms with Crippen LogP contribution in [-0.2, 0) is 10.2 Å². The molecule has 5 nitrogen and oxygen atoms in total. The van der Waals surface area contributed by atoms with Crippen LogP contribution in [0, 0.1) is 0 Å². The quantitative estimate of drug-likeness (QED) is 0.893. The van der Waals surface area contributed by atoms with Crippen molar-refractivity contribution < 1.29 is 9.59 Å². The first kappa shape index (κ1) is 16.6. The first-order chi connectivity index (χ1) is 12.7. The smallest absolute Gasteiger partial charge is 0.315 e. The van der Waals surface area contributed by atoms with Crippen LogP contribution in [0.1, 0.15) is 24.0 Å². The van der Waals surface area contributed by atoms with Gasteiger partial charge in [0.25, 0.3) is 0 Å². The number of hydrogen-bond acceptors (Lipinski definition) is 2. The van der Waals surface area contributed by atoms with E-state index in [9.17, 15) is 9.59 Å². The maximum atomic E-state index is 13.0. The largest absolute Gasteiger partial charge is 0.340 e. The molecule has 2 aromatic carbocycles. The standard InChI is InChI=1S/C21H23N3O2/c25-19(18-14-22-20(26)23-18)24-13-7-12-21(15-24,16-8-3-1-4-9-16)17-10-5-2-6-11-17/h1-6,8-11,18H,7,12-15H2,(H2,22,23,26)/t18-/m1/s1. The molecule has 0 aromatic heterocycles. The van der Waals surface area contributed by atoms with Crippen molar-refractivity contribution >= 4 is 11.9 Å². The van der Waals surface area contributed by atoms with Gasteiger partial charge in [-0.2, -0.15) is 0 Å². The Kier molecular flexibility index (Phi) is 4.37. The molecule has 2 aliphatic heterocycles. The van der Waals surface area contributed by atoms with Crippen molar-refractivity contribution in [3.05, 3.63) is 71.8 Å². The van der Waals surface area contributed by atoms with E-state index in [4.69, 9.17) is 0 Å². The van der Waals surface area contributed by atoms with Crippen LogP contribution >= 0.6 is 0 Å². The summed E-state index contributed by atoms with van der Waals surface area (Å²) in [5.41, 5.74) is 2.25. The monoisotopic (exact) mass is 349 g/mol. The van der Waals surface area contributed by atoms with E-state index in [0.717, 1.165) is 19.4 Å². The minimum atomic E-state index is -0.468. The third kappa shape index (κ3) is 2.94. The number of rotatable bonds is 3. The van der Waals surface area contributed by atoms with Gasteiger partial charge in [-0.25, -0.2) is 4.79 Å². The van der Waals surface area contributed by atoms with Crippen molar-refractivity contribution in [1.29, 1.82) is 0 Å². The van der Waals surface area contributed by atoms with Crippen molar-refractivity contribution in [1.82, 2.24) is 15.5 Å². The van der Waals surface area contributed by atoms with Crippen molar-refractivity contribution in [3.8, 4) is 0 Å². The highest BCUT2D eigenvalue weighted by atomic mass is 16.2. The predicted octanol–water partition coefficient (Wildman–Crippen LogP) is 2.28. The molecule has 3 amide bonds. The second-order valence-corrected chi connectivity index (χ2v) is 7.08. The molecular weight excluding hydrogens is 326 g/mol. The van der Waals surface area contributed by atoms with E-state index in [1.165, 1.54) is 11.1 Å². The van der Waals surface area contributed by atoms with Crippen molar-refractivity contribution in [2.75, 3.05) is 19.6 Å². The van der Waals surface area contributed by atoms with Crippen LogP contribution in [-0.4, -0.2) is 42.5 Å². The molecule has 5 heteroatoms. The summed E-state index contributed by atoms with van der Waals surface area (Å²) in [6.45, 7) is 1.72. The van der Waals surface area contributed by atoms with Crippen LogP contribution in [0.25, 0.3) is 0 Å². The van der Waals surface area contributed by atoms with Crippen molar-refractivity contribution in [3.63, 3.8) is 0 Å². The lowest BCUT2D eigenvalue weighted by atomic mass is 9.69. The molecule has 2 aromatic rings. The van der Waals surface area contributed by atoms with Crippen molar-refractivity contribution in [2.24, 2.45) is 0 Å². The second-order valence-electron chi connectivity index (χ2n) is 7.08. The van der Waals surface area contributed by atoms with Crippen LogP contribution in [0.4, 0.5) is 4.79 Å². The fourth-order valence-electron chi connectivity index (χ4n) is 4.22. The molecule has 2 heterocycles. The molecular formula is C21H23N3O2. The van der Waals surface area contributed by atoms with E-state index in [1.807, 2.05) is 17.0 Å². The zero-order valence-corrected chi connectivity index (χ0v) is 14.7. The Hall–Kier alpha value is -2.82. The lowest BCUT2D eigenvalue weighted by molar-refractivity contribution is -0.134. The molecule has 26 heavy (non-hydrogen) atoms. The Morgan fingerprint density at radius 1 is 1.00 bits per heavy atom. The number of nitrogens with zero attached hydrogens (tertiary/aromatic N) is 1. The highest BCUT2D eigenvalue weighted by Gasteiger charge is 2.42. The van der Waals surface area contributed by atoms with Gasteiger partial charge in [-0.3, -0.25) is 4.79 Å². The highest BCUT2D eigenvalue weighted by molar-refractivity contribution is 5.90. The molecule has 134 valence electrons. The van der Waals surface area contributed by atoms with Gasteiger partial charge in [-0.1, -0.05) is 60.7 Å². The highest BCUT2D eigenvalue weighted by Crippen LogP contribution is 2.40. The SMILES string of the molecule is O=C1NC[C@H](C(=O)N2CCCC(c3ccccc3)(c3ccccc3)C2)N1. The number of amides is 3. The van der Waals surface area contributed by atoms with Crippen molar-refractivity contribution in [2.45, 2.75) is 24.3 Å². The molecule has 2 fully saturated rings. The van der Waals surface area contributed by atoms with Crippen LogP contribution in [0.3, 0.4) is 0 Å². The average Bonchev–Trinajstić information content (AvgIpc) is 3.15. The van der Waals surface area contributed by atoms with Gasteiger partial charge < -0.3 is 15.5 Å². The average molecular weight is 349 g/mol. The van der Waals surface area contributed by atoms with E-state index in [-0.39, 0.29) is 17.4 Å². The Labute approximate surface area is 153 Å². The first-order valence-corrected chi connectivity index (χ1v) is 9.13. The van der Waals surface area contributed by atoms with Crippen LogP contribution in [0.15, 0.2) is 60.7 Å². The molecule has 0 spiro atoms. The Bertz CT molecular complexity index is 752. The predicted molar refractivity (Wildman–Crippen MR) is 99.8 cm³/mol. The maximum Gasteiger partial charge on any atom is 0.315 e. The Balaban J connectivity index is 1.68. The number of urea groups is 1. The normalized spacial score (nSPS) is 21.8. The summed E-state index contributed by atoms with van der Waals surface area (Å²) in [7, 11) is 0. The van der Waals surface area contributed by atoms with Gasteiger partial charge in [0.05, 0.1) is 0 Å². The van der Waals surface area contributed by atoms with Gasteiger partial charge in [0, 0.05) is 25.0 Å². The van der Waals surface area contributed by atoms with Gasteiger partial charge in [-0.05, 0) is 24.0 Å². The molecule has 2 saturated heterocycles. The second kappa shape index (κ2) is 6.83. The third-order valence-corrected chi connectivity index (χ3v) is 5.53. The Morgan fingerprint density at radius 3 is 2.15 bits per heavy atom. The summed E-state index contributed by atoms with van der Waals surface area (Å²) < 4.78 is 0. The fraction of sp³-hybridized carbons (Fsp3) is 0.333. The summed E-state index contributed by atoms with van der Waals surface area (Å²) >= 11 is 0. The number of carbonyl (C=O) groups excluding carboxylic acids is 2. The molecule has 0 bridgehead atoms. The zero-order chi connectivity index (χ0) is 18.0. The van der Waals surface area contributed by atoms with Gasteiger partial charge >= 0.3 is 6.03 Å². The summed E-state index contributed by atoms with van der Waals surface area (Å²) in [4.78, 5) is 26.3. The van der Waals surface area contributed by atoms with E-state index in [2.05, 4.69) is 59.2 Å². The molecule has 4 rings (SSSR count). The lowest BCUT2D eigenvalue weighted by Gasteiger charge is -2.44. The third-order valence-electron chi connectivity index (χ3n) is 5.53. The first-order valence-electron chi connectivity index (χ1n) is 9.13. The molecule has 1 atom stereocenters. The number of piperidine rings is 1. The minimum Gasteiger partial charge on any atom is -0.340 e. The van der Waals surface area contributed by atoms with E-state index in [1.54, 1.807) is 0 Å². The minimum absolute atomic E-state index is 0.000660. The van der Waals surface area contributed by atoms with Gasteiger partial charge in [-0.15, -0.1) is 0 Å². The van der Waals surface area contributed by atoms with E-state index >= 15 is 0 Å². The summed E-state index contributed by atoms with van der Waals surface area (Å²) in [5, 5.41) is 5.39. The van der Waals surface area contributed by atoms with Gasteiger partial charge in [0.1, 0.15) is 6.04 Å². The van der Waals surface area contributed by atoms with Crippen LogP contribution in [0.2, 0.25) is 0 Å². The zero-order valence-electron chi connectivity index (χ0n) is 14.7. The number of nitrogens with one attached hydrogen (secondary N) is 2. The summed E-state index contributed by atoms with van der Waals surface area (Å²) in [5.74, 6) is -0.000660. The Morgan fingerprint density at radius 2 is 1.62 bits per heavy atom. The maximum absolute atomic E-state index is 13.0. The molecule has 0 radical (unpaired) electrons. The van der Waals surface area contributed by atoms with Gasteiger partial charge in [0.2, 0.25) is 5.91 Å². The molecule has 2 aliphatic rings. The van der Waals surface area contributed by atoms with Crippen LogP contribution < -0.4 is 10.6 Å². The number of hydrogen-bond donors (Lipinski definition) is 2. The van der Waals surface area contributed by atoms with E-state index < -0.39 is 6.04 Å². The fourth-order valence-corrected chi connectivity index (χ4v) is 4.22. The van der Waals surface area contributed by atoms with E-state index in [0.29, 0.717) is 13.1 Å². The molecule has 0 saturated carbocycles. The summed E-state index contributed by atoms with van der Waals surface area (Å²) in [6, 6.07) is 20.1. The molecule has 0 aliphatic carbocycles. The number of likely N-dealkylation sites (tertiary alicyclic amines) is 1. The number of carbonyl (C=O) groups is 2. The molecule has 0 unspecified atom stereocenters. The lowest BCUT2D eigenvalue weighted by Crippen LogP contribution is -2.54. The molecule has 2 N–H and O–H groups in total. The summed E-state index contributed by atoms with van der Waals surface area (Å²) in [6.07, 6.45) is 1.93. The number of benzene rings is 2. The van der Waals surface area contributed by atoms with Gasteiger partial charge in [0.15, 0.2) is 0 Å². The topological polar surface area (TPSA) is 61.4 Å².